The van der Waals surface area contributed by atoms with Crippen molar-refractivity contribution in [2.45, 2.75) is 13.3 Å². The first kappa shape index (κ1) is 17.5. The summed E-state index contributed by atoms with van der Waals surface area (Å²) in [5, 5.41) is 2.76. The van der Waals surface area contributed by atoms with Crippen molar-refractivity contribution in [3.8, 4) is 5.75 Å². The summed E-state index contributed by atoms with van der Waals surface area (Å²) >= 11 is 0. The van der Waals surface area contributed by atoms with Crippen LogP contribution < -0.4 is 10.1 Å². The smallest absolute Gasteiger partial charge is 0.318 e. The highest BCUT2D eigenvalue weighted by Gasteiger charge is 2.29. The molecule has 0 aromatic heterocycles. The van der Waals surface area contributed by atoms with Gasteiger partial charge in [-0.1, -0.05) is 42.5 Å². The van der Waals surface area contributed by atoms with Crippen molar-refractivity contribution in [3.63, 3.8) is 0 Å². The van der Waals surface area contributed by atoms with Gasteiger partial charge in [0.1, 0.15) is 11.7 Å². The molecule has 0 spiro atoms. The van der Waals surface area contributed by atoms with E-state index in [-0.39, 0.29) is 13.0 Å². The molecule has 0 radical (unpaired) electrons. The minimum atomic E-state index is -0.919. The number of hydrogen-bond donors (Lipinski definition) is 1. The van der Waals surface area contributed by atoms with Gasteiger partial charge in [0.05, 0.1) is 19.4 Å². The lowest BCUT2D eigenvalue weighted by molar-refractivity contribution is -0.150. The summed E-state index contributed by atoms with van der Waals surface area (Å²) in [6.07, 6.45) is 0.278. The summed E-state index contributed by atoms with van der Waals surface area (Å²) in [5.41, 5.74) is 1.41. The second-order valence-electron chi connectivity index (χ2n) is 5.18. The molecule has 1 amide bonds. The Balaban J connectivity index is 2.19. The quantitative estimate of drug-likeness (QED) is 0.627. The van der Waals surface area contributed by atoms with Gasteiger partial charge in [0.25, 0.3) is 0 Å². The van der Waals surface area contributed by atoms with Crippen LogP contribution in [-0.2, 0) is 20.7 Å². The van der Waals surface area contributed by atoms with Gasteiger partial charge in [0, 0.05) is 0 Å². The highest BCUT2D eigenvalue weighted by molar-refractivity contribution is 6.05. The summed E-state index contributed by atoms with van der Waals surface area (Å²) in [6.45, 7) is 1.95. The number of anilines is 1. The van der Waals surface area contributed by atoms with Crippen LogP contribution in [0.3, 0.4) is 0 Å². The Kier molecular flexibility index (Phi) is 6.37. The number of carbonyl (C=O) groups is 2. The van der Waals surface area contributed by atoms with Crippen molar-refractivity contribution >= 4 is 17.6 Å². The molecule has 0 aliphatic rings. The van der Waals surface area contributed by atoms with E-state index in [0.717, 1.165) is 5.56 Å². The van der Waals surface area contributed by atoms with Gasteiger partial charge in [-0.3, -0.25) is 9.59 Å². The Morgan fingerprint density at radius 1 is 1.04 bits per heavy atom. The van der Waals surface area contributed by atoms with Crippen LogP contribution in [0.5, 0.6) is 5.75 Å². The van der Waals surface area contributed by atoms with Gasteiger partial charge in [0.2, 0.25) is 5.91 Å². The SMILES string of the molecule is CCOC(=O)[C@H](Cc1ccccc1)C(=O)Nc1ccccc1OC. The third kappa shape index (κ3) is 4.59. The van der Waals surface area contributed by atoms with Gasteiger partial charge >= 0.3 is 5.97 Å². The summed E-state index contributed by atoms with van der Waals surface area (Å²) in [7, 11) is 1.53. The largest absolute Gasteiger partial charge is 0.495 e. The Morgan fingerprint density at radius 2 is 1.71 bits per heavy atom. The molecular weight excluding hydrogens is 306 g/mol. The van der Waals surface area contributed by atoms with Crippen molar-refractivity contribution in [1.29, 1.82) is 0 Å². The molecule has 0 saturated carbocycles. The van der Waals surface area contributed by atoms with Crippen molar-refractivity contribution in [1.82, 2.24) is 0 Å². The Morgan fingerprint density at radius 3 is 2.38 bits per heavy atom. The summed E-state index contributed by atoms with van der Waals surface area (Å²) in [5.74, 6) is -1.33. The summed E-state index contributed by atoms with van der Waals surface area (Å²) in [4.78, 5) is 24.9. The zero-order valence-corrected chi connectivity index (χ0v) is 13.8. The maximum atomic E-state index is 12.6. The molecule has 0 heterocycles. The molecule has 2 rings (SSSR count). The molecule has 2 aromatic carbocycles. The van der Waals surface area contributed by atoms with Crippen LogP contribution in [0, 0.1) is 5.92 Å². The minimum absolute atomic E-state index is 0.228. The number of benzene rings is 2. The highest BCUT2D eigenvalue weighted by atomic mass is 16.5. The molecule has 1 atom stereocenters. The van der Waals surface area contributed by atoms with Crippen LogP contribution in [0.4, 0.5) is 5.69 Å². The number of amides is 1. The predicted molar refractivity (Wildman–Crippen MR) is 91.9 cm³/mol. The van der Waals surface area contributed by atoms with Gasteiger partial charge < -0.3 is 14.8 Å². The van der Waals surface area contributed by atoms with E-state index in [1.807, 2.05) is 30.3 Å². The first-order chi connectivity index (χ1) is 11.7. The van der Waals surface area contributed by atoms with Crippen LogP contribution in [-0.4, -0.2) is 25.6 Å². The third-order valence-corrected chi connectivity index (χ3v) is 3.54. The van der Waals surface area contributed by atoms with Crippen LogP contribution >= 0.6 is 0 Å². The fourth-order valence-electron chi connectivity index (χ4n) is 2.34. The molecule has 0 saturated heterocycles. The second-order valence-corrected chi connectivity index (χ2v) is 5.18. The molecule has 0 bridgehead atoms. The van der Waals surface area contributed by atoms with Gasteiger partial charge in [0.15, 0.2) is 0 Å². The number of ether oxygens (including phenoxy) is 2. The fourth-order valence-corrected chi connectivity index (χ4v) is 2.34. The minimum Gasteiger partial charge on any atom is -0.495 e. The maximum Gasteiger partial charge on any atom is 0.318 e. The molecule has 126 valence electrons. The molecule has 24 heavy (non-hydrogen) atoms. The van der Waals surface area contributed by atoms with E-state index >= 15 is 0 Å². The number of para-hydroxylation sites is 2. The molecular formula is C19H21NO4. The van der Waals surface area contributed by atoms with Gasteiger partial charge in [-0.05, 0) is 31.0 Å². The first-order valence-corrected chi connectivity index (χ1v) is 7.80. The number of hydrogen-bond acceptors (Lipinski definition) is 4. The van der Waals surface area contributed by atoms with E-state index in [1.54, 1.807) is 31.2 Å². The van der Waals surface area contributed by atoms with Crippen LogP contribution in [0.25, 0.3) is 0 Å². The maximum absolute atomic E-state index is 12.6. The number of carbonyl (C=O) groups excluding carboxylic acids is 2. The van der Waals surface area contributed by atoms with Crippen molar-refractivity contribution in [2.24, 2.45) is 5.92 Å². The second kappa shape index (κ2) is 8.72. The molecule has 1 N–H and O–H groups in total. The standard InChI is InChI=1S/C19H21NO4/c1-3-24-19(22)15(13-14-9-5-4-6-10-14)18(21)20-16-11-7-8-12-17(16)23-2/h4-12,15H,3,13H2,1-2H3,(H,20,21)/t15-/m1/s1. The topological polar surface area (TPSA) is 64.6 Å². The van der Waals surface area contributed by atoms with E-state index in [4.69, 9.17) is 9.47 Å². The van der Waals surface area contributed by atoms with E-state index in [1.165, 1.54) is 7.11 Å². The lowest BCUT2D eigenvalue weighted by Crippen LogP contribution is -2.33. The molecule has 0 unspecified atom stereocenters. The number of nitrogens with one attached hydrogen (secondary N) is 1. The lowest BCUT2D eigenvalue weighted by Gasteiger charge is -2.17. The van der Waals surface area contributed by atoms with Gasteiger partial charge in [-0.25, -0.2) is 0 Å². The Hall–Kier alpha value is -2.82. The molecule has 0 aliphatic heterocycles. The number of rotatable bonds is 7. The highest BCUT2D eigenvalue weighted by Crippen LogP contribution is 2.24. The van der Waals surface area contributed by atoms with E-state index in [0.29, 0.717) is 11.4 Å². The molecule has 2 aromatic rings. The van der Waals surface area contributed by atoms with Gasteiger partial charge in [-0.2, -0.15) is 0 Å². The number of methoxy groups -OCH3 is 1. The predicted octanol–water partition coefficient (Wildman–Crippen LogP) is 3.06. The van der Waals surface area contributed by atoms with Crippen molar-refractivity contribution in [3.05, 3.63) is 60.2 Å². The molecule has 5 heteroatoms. The van der Waals surface area contributed by atoms with Crippen LogP contribution in [0.1, 0.15) is 12.5 Å². The Labute approximate surface area is 141 Å². The van der Waals surface area contributed by atoms with E-state index in [2.05, 4.69) is 5.32 Å². The monoisotopic (exact) mass is 327 g/mol. The number of esters is 1. The van der Waals surface area contributed by atoms with Crippen molar-refractivity contribution in [2.75, 3.05) is 19.0 Å². The zero-order chi connectivity index (χ0) is 17.4. The lowest BCUT2D eigenvalue weighted by atomic mass is 9.98. The van der Waals surface area contributed by atoms with Crippen molar-refractivity contribution < 1.29 is 19.1 Å². The van der Waals surface area contributed by atoms with E-state index in [9.17, 15) is 9.59 Å². The molecule has 5 nitrogen and oxygen atoms in total. The fraction of sp³-hybridized carbons (Fsp3) is 0.263. The normalized spacial score (nSPS) is 11.4. The van der Waals surface area contributed by atoms with Crippen LogP contribution in [0.2, 0.25) is 0 Å². The summed E-state index contributed by atoms with van der Waals surface area (Å²) in [6, 6.07) is 16.4. The van der Waals surface area contributed by atoms with Crippen LogP contribution in [0.15, 0.2) is 54.6 Å². The summed E-state index contributed by atoms with van der Waals surface area (Å²) < 4.78 is 10.3. The zero-order valence-electron chi connectivity index (χ0n) is 13.8. The first-order valence-electron chi connectivity index (χ1n) is 7.80. The average molecular weight is 327 g/mol. The third-order valence-electron chi connectivity index (χ3n) is 3.54. The Bertz CT molecular complexity index is 685. The molecule has 0 fully saturated rings. The molecule has 0 aliphatic carbocycles. The van der Waals surface area contributed by atoms with Gasteiger partial charge in [-0.15, -0.1) is 0 Å². The average Bonchev–Trinajstić information content (AvgIpc) is 2.61. The van der Waals surface area contributed by atoms with E-state index < -0.39 is 17.8 Å².